The van der Waals surface area contributed by atoms with Crippen LogP contribution in [0.3, 0.4) is 0 Å². The number of aliphatic hydroxyl groups is 1. The summed E-state index contributed by atoms with van der Waals surface area (Å²) in [7, 11) is 0. The molecular weight excluding hydrogens is 221 g/mol. The molecule has 0 atom stereocenters. The van der Waals surface area contributed by atoms with Gasteiger partial charge < -0.3 is 16.2 Å². The highest BCUT2D eigenvalue weighted by Gasteiger charge is 2.33. The first-order chi connectivity index (χ1) is 7.49. The van der Waals surface area contributed by atoms with E-state index >= 15 is 0 Å². The van der Waals surface area contributed by atoms with E-state index in [1.807, 2.05) is 0 Å². The van der Waals surface area contributed by atoms with E-state index < -0.39 is 11.7 Å². The van der Waals surface area contributed by atoms with Crippen LogP contribution in [-0.2, 0) is 12.7 Å². The molecule has 1 aromatic rings. The first kappa shape index (κ1) is 12.8. The van der Waals surface area contributed by atoms with Gasteiger partial charge in [0.25, 0.3) is 0 Å². The van der Waals surface area contributed by atoms with E-state index in [-0.39, 0.29) is 25.3 Å². The highest BCUT2D eigenvalue weighted by atomic mass is 19.4. The summed E-state index contributed by atoms with van der Waals surface area (Å²) in [5.74, 6) is 0. The smallest absolute Gasteiger partial charge is 0.395 e. The monoisotopic (exact) mass is 234 g/mol. The Morgan fingerprint density at radius 1 is 1.31 bits per heavy atom. The van der Waals surface area contributed by atoms with Crippen molar-refractivity contribution in [2.75, 3.05) is 18.5 Å². The average molecular weight is 234 g/mol. The summed E-state index contributed by atoms with van der Waals surface area (Å²) in [4.78, 5) is 0. The van der Waals surface area contributed by atoms with Crippen molar-refractivity contribution < 1.29 is 18.3 Å². The molecular formula is C10H13F3N2O. The van der Waals surface area contributed by atoms with E-state index in [0.717, 1.165) is 6.07 Å². The minimum Gasteiger partial charge on any atom is -0.395 e. The van der Waals surface area contributed by atoms with Gasteiger partial charge in [-0.1, -0.05) is 6.07 Å². The Morgan fingerprint density at radius 2 is 2.00 bits per heavy atom. The van der Waals surface area contributed by atoms with Crippen LogP contribution in [0.4, 0.5) is 18.9 Å². The Balaban J connectivity index is 3.02. The van der Waals surface area contributed by atoms with E-state index in [2.05, 4.69) is 5.32 Å². The molecule has 0 bridgehead atoms. The summed E-state index contributed by atoms with van der Waals surface area (Å²) in [5, 5.41) is 11.2. The molecule has 4 N–H and O–H groups in total. The lowest BCUT2D eigenvalue weighted by molar-refractivity contribution is -0.138. The Hall–Kier alpha value is -1.27. The first-order valence-corrected chi connectivity index (χ1v) is 4.74. The first-order valence-electron chi connectivity index (χ1n) is 4.74. The topological polar surface area (TPSA) is 58.3 Å². The predicted octanol–water partition coefficient (Wildman–Crippen LogP) is 1.57. The van der Waals surface area contributed by atoms with Crippen molar-refractivity contribution in [3.05, 3.63) is 29.3 Å². The lowest BCUT2D eigenvalue weighted by Gasteiger charge is -2.14. The van der Waals surface area contributed by atoms with Crippen molar-refractivity contribution in [1.82, 2.24) is 0 Å². The van der Waals surface area contributed by atoms with E-state index in [0.29, 0.717) is 5.69 Å². The van der Waals surface area contributed by atoms with Crippen LogP contribution in [0.25, 0.3) is 0 Å². The molecule has 16 heavy (non-hydrogen) atoms. The summed E-state index contributed by atoms with van der Waals surface area (Å²) >= 11 is 0. The highest BCUT2D eigenvalue weighted by Crippen LogP contribution is 2.33. The van der Waals surface area contributed by atoms with E-state index in [1.165, 1.54) is 12.1 Å². The number of hydrogen-bond acceptors (Lipinski definition) is 3. The van der Waals surface area contributed by atoms with Gasteiger partial charge in [0.2, 0.25) is 0 Å². The Kier molecular flexibility index (Phi) is 4.14. The quantitative estimate of drug-likeness (QED) is 0.741. The van der Waals surface area contributed by atoms with Gasteiger partial charge in [0.1, 0.15) is 0 Å². The third-order valence-corrected chi connectivity index (χ3v) is 2.08. The maximum absolute atomic E-state index is 12.6. The van der Waals surface area contributed by atoms with E-state index in [4.69, 9.17) is 10.8 Å². The molecule has 90 valence electrons. The summed E-state index contributed by atoms with van der Waals surface area (Å²) in [5.41, 5.74) is 4.87. The number of alkyl halides is 3. The number of rotatable bonds is 4. The van der Waals surface area contributed by atoms with Crippen molar-refractivity contribution in [3.63, 3.8) is 0 Å². The largest absolute Gasteiger partial charge is 0.416 e. The number of benzene rings is 1. The second kappa shape index (κ2) is 5.18. The number of nitrogens with two attached hydrogens (primary N) is 1. The van der Waals surface area contributed by atoms with Crippen molar-refractivity contribution in [3.8, 4) is 0 Å². The highest BCUT2D eigenvalue weighted by molar-refractivity contribution is 5.49. The van der Waals surface area contributed by atoms with Gasteiger partial charge >= 0.3 is 6.18 Å². The molecule has 0 heterocycles. The summed E-state index contributed by atoms with van der Waals surface area (Å²) in [6.45, 7) is -0.0889. The van der Waals surface area contributed by atoms with Gasteiger partial charge in [-0.2, -0.15) is 13.2 Å². The summed E-state index contributed by atoms with van der Waals surface area (Å²) in [6.07, 6.45) is -4.41. The normalized spacial score (nSPS) is 11.6. The van der Waals surface area contributed by atoms with Crippen LogP contribution in [0.1, 0.15) is 11.1 Å². The molecule has 0 unspecified atom stereocenters. The Morgan fingerprint density at radius 3 is 2.50 bits per heavy atom. The van der Waals surface area contributed by atoms with Gasteiger partial charge in [-0.05, 0) is 17.7 Å². The zero-order valence-electron chi connectivity index (χ0n) is 8.51. The Labute approximate surface area is 91.1 Å². The maximum atomic E-state index is 12.6. The molecule has 0 radical (unpaired) electrons. The number of halogens is 3. The van der Waals surface area contributed by atoms with Gasteiger partial charge in [0.05, 0.1) is 12.2 Å². The lowest BCUT2D eigenvalue weighted by atomic mass is 10.1. The molecule has 1 aromatic carbocycles. The minimum atomic E-state index is -4.41. The molecule has 0 aromatic heterocycles. The van der Waals surface area contributed by atoms with Gasteiger partial charge in [-0.3, -0.25) is 0 Å². The third-order valence-electron chi connectivity index (χ3n) is 2.08. The fourth-order valence-electron chi connectivity index (χ4n) is 1.33. The molecule has 6 heteroatoms. The van der Waals surface area contributed by atoms with Crippen LogP contribution in [0, 0.1) is 0 Å². The molecule has 0 aliphatic rings. The molecule has 0 amide bonds. The number of aliphatic hydroxyl groups excluding tert-OH is 1. The summed E-state index contributed by atoms with van der Waals surface area (Å²) in [6, 6.07) is 3.84. The van der Waals surface area contributed by atoms with Crippen molar-refractivity contribution in [2.24, 2.45) is 5.73 Å². The zero-order chi connectivity index (χ0) is 12.2. The third kappa shape index (κ3) is 3.11. The van der Waals surface area contributed by atoms with Crippen molar-refractivity contribution in [2.45, 2.75) is 12.7 Å². The molecule has 0 saturated carbocycles. The van der Waals surface area contributed by atoms with Crippen LogP contribution in [0.5, 0.6) is 0 Å². The fourth-order valence-corrected chi connectivity index (χ4v) is 1.33. The SMILES string of the molecule is NCc1ccc(NCCO)cc1C(F)(F)F. The van der Waals surface area contributed by atoms with Gasteiger partial charge in [0.15, 0.2) is 0 Å². The van der Waals surface area contributed by atoms with E-state index in [9.17, 15) is 13.2 Å². The lowest BCUT2D eigenvalue weighted by Crippen LogP contribution is -2.13. The predicted molar refractivity (Wildman–Crippen MR) is 54.9 cm³/mol. The molecule has 0 aliphatic carbocycles. The molecule has 0 saturated heterocycles. The second-order valence-corrected chi connectivity index (χ2v) is 3.22. The van der Waals surface area contributed by atoms with Crippen LogP contribution < -0.4 is 11.1 Å². The van der Waals surface area contributed by atoms with Gasteiger partial charge in [0, 0.05) is 18.8 Å². The van der Waals surface area contributed by atoms with E-state index in [1.54, 1.807) is 0 Å². The number of anilines is 1. The molecule has 1 rings (SSSR count). The summed E-state index contributed by atoms with van der Waals surface area (Å²) < 4.78 is 37.8. The van der Waals surface area contributed by atoms with Crippen molar-refractivity contribution >= 4 is 5.69 Å². The molecule has 3 nitrogen and oxygen atoms in total. The van der Waals surface area contributed by atoms with Crippen molar-refractivity contribution in [1.29, 1.82) is 0 Å². The maximum Gasteiger partial charge on any atom is 0.416 e. The van der Waals surface area contributed by atoms with Crippen LogP contribution in [0.2, 0.25) is 0 Å². The number of hydrogen-bond donors (Lipinski definition) is 3. The van der Waals surface area contributed by atoms with Crippen LogP contribution in [0.15, 0.2) is 18.2 Å². The number of nitrogens with one attached hydrogen (secondary N) is 1. The van der Waals surface area contributed by atoms with Gasteiger partial charge in [-0.25, -0.2) is 0 Å². The fraction of sp³-hybridized carbons (Fsp3) is 0.400. The molecule has 0 fully saturated rings. The minimum absolute atomic E-state index is 0.0575. The average Bonchev–Trinajstić information content (AvgIpc) is 2.24. The second-order valence-electron chi connectivity index (χ2n) is 3.22. The standard InChI is InChI=1S/C10H13F3N2O/c11-10(12,13)9-5-8(15-3-4-16)2-1-7(9)6-14/h1-2,5,15-16H,3-4,6,14H2. The van der Waals surface area contributed by atoms with Crippen LogP contribution >= 0.6 is 0 Å². The van der Waals surface area contributed by atoms with Crippen LogP contribution in [-0.4, -0.2) is 18.3 Å². The Bertz CT molecular complexity index is 352. The molecule has 0 aliphatic heterocycles. The molecule has 0 spiro atoms. The van der Waals surface area contributed by atoms with Gasteiger partial charge in [-0.15, -0.1) is 0 Å². The zero-order valence-corrected chi connectivity index (χ0v) is 8.51.